The highest BCUT2D eigenvalue weighted by Gasteiger charge is 2.26. The lowest BCUT2D eigenvalue weighted by Gasteiger charge is -2.33. The van der Waals surface area contributed by atoms with Crippen molar-refractivity contribution < 1.29 is 32.2 Å². The maximum absolute atomic E-state index is 11.6. The summed E-state index contributed by atoms with van der Waals surface area (Å²) in [4.78, 5) is 16.0. The topological polar surface area (TPSA) is 161 Å². The molecular formula is C34H44N6O7S. The first-order chi connectivity index (χ1) is 23.0. The smallest absolute Gasteiger partial charge is 0.295 e. The molecule has 0 radical (unpaired) electrons. The molecule has 258 valence electrons. The van der Waals surface area contributed by atoms with Crippen molar-refractivity contribution in [2.24, 2.45) is 0 Å². The highest BCUT2D eigenvalue weighted by Crippen LogP contribution is 2.41. The normalized spacial score (nSPS) is 14.8. The van der Waals surface area contributed by atoms with E-state index in [0.717, 1.165) is 37.1 Å². The van der Waals surface area contributed by atoms with Gasteiger partial charge in [0.2, 0.25) is 5.95 Å². The second-order valence-electron chi connectivity index (χ2n) is 11.9. The lowest BCUT2D eigenvalue weighted by Crippen LogP contribution is -2.40. The van der Waals surface area contributed by atoms with E-state index in [2.05, 4.69) is 20.5 Å². The lowest BCUT2D eigenvalue weighted by atomic mass is 10.1. The number of oxazole rings is 1. The van der Waals surface area contributed by atoms with Crippen LogP contribution >= 0.6 is 0 Å². The minimum absolute atomic E-state index is 0.110. The van der Waals surface area contributed by atoms with Crippen LogP contribution < -0.4 is 24.8 Å². The summed E-state index contributed by atoms with van der Waals surface area (Å²) in [5, 5.41) is 17.2. The number of rotatable bonds is 14. The second-order valence-corrected chi connectivity index (χ2v) is 14.2. The number of likely N-dealkylation sites (tertiary alicyclic amines) is 1. The van der Waals surface area contributed by atoms with Crippen LogP contribution in [0.25, 0.3) is 22.7 Å². The summed E-state index contributed by atoms with van der Waals surface area (Å²) < 4.78 is 47.0. The molecule has 48 heavy (non-hydrogen) atoms. The predicted octanol–water partition coefficient (Wildman–Crippen LogP) is 5.24. The summed E-state index contributed by atoms with van der Waals surface area (Å²) >= 11 is 0. The number of piperidine rings is 1. The number of aliphatic hydroxyl groups is 1. The third-order valence-corrected chi connectivity index (χ3v) is 8.93. The second kappa shape index (κ2) is 15.2. The maximum atomic E-state index is 11.6. The summed E-state index contributed by atoms with van der Waals surface area (Å²) in [6.07, 6.45) is 3.37. The quantitative estimate of drug-likeness (QED) is 0.159. The molecule has 0 spiro atoms. The van der Waals surface area contributed by atoms with E-state index in [-0.39, 0.29) is 11.9 Å². The Balaban J connectivity index is 1.39. The summed E-state index contributed by atoms with van der Waals surface area (Å²) in [6.45, 7) is 8.20. The molecule has 5 rings (SSSR count). The highest BCUT2D eigenvalue weighted by molar-refractivity contribution is 7.90. The van der Waals surface area contributed by atoms with Crippen LogP contribution in [0.3, 0.4) is 0 Å². The Morgan fingerprint density at radius 1 is 1.10 bits per heavy atom. The monoisotopic (exact) mass is 680 g/mol. The van der Waals surface area contributed by atoms with E-state index in [0.29, 0.717) is 70.7 Å². The van der Waals surface area contributed by atoms with Crippen LogP contribution in [0, 0.1) is 6.92 Å². The van der Waals surface area contributed by atoms with Gasteiger partial charge in [0.25, 0.3) is 6.01 Å². The van der Waals surface area contributed by atoms with Gasteiger partial charge in [-0.2, -0.15) is 4.98 Å². The summed E-state index contributed by atoms with van der Waals surface area (Å²) in [5.41, 5.74) is 4.11. The predicted molar refractivity (Wildman–Crippen MR) is 185 cm³/mol. The molecule has 1 unspecified atom stereocenters. The van der Waals surface area contributed by atoms with E-state index in [1.807, 2.05) is 32.0 Å². The number of sulfone groups is 1. The van der Waals surface area contributed by atoms with E-state index in [9.17, 15) is 13.5 Å². The van der Waals surface area contributed by atoms with Gasteiger partial charge in [0.05, 0.1) is 26.1 Å². The van der Waals surface area contributed by atoms with Gasteiger partial charge in [-0.15, -0.1) is 0 Å². The standard InChI is InChI=1S/C34H44N6O7S/c1-7-35-34-39-30(23-16-21(2)17-26(18-23)44-4)32(47-34)28-8-11-36-33(38-28)37-24-19-27(22(3)41)31(29(20-24)45-5)46-25-9-12-40(13-10-25)14-15-48(6,42)43/h8,11,16-20,22,25,41H,7,9-10,12-15H2,1-6H3,(H,35,39)(H,36,37,38). The molecule has 2 aromatic carbocycles. The minimum Gasteiger partial charge on any atom is -0.497 e. The molecule has 3 heterocycles. The summed E-state index contributed by atoms with van der Waals surface area (Å²) in [5.74, 6) is 2.54. The average molecular weight is 681 g/mol. The van der Waals surface area contributed by atoms with Crippen LogP contribution in [-0.4, -0.2) is 91.9 Å². The number of nitrogens with zero attached hydrogens (tertiary/aromatic N) is 4. The number of benzene rings is 2. The van der Waals surface area contributed by atoms with Crippen molar-refractivity contribution in [2.75, 3.05) is 63.0 Å². The van der Waals surface area contributed by atoms with E-state index in [1.165, 1.54) is 6.26 Å². The van der Waals surface area contributed by atoms with E-state index < -0.39 is 15.9 Å². The Morgan fingerprint density at radius 3 is 2.54 bits per heavy atom. The molecular weight excluding hydrogens is 636 g/mol. The fourth-order valence-corrected chi connectivity index (χ4v) is 6.18. The number of aryl methyl sites for hydroxylation is 1. The number of methoxy groups -OCH3 is 2. The molecule has 0 bridgehead atoms. The van der Waals surface area contributed by atoms with Crippen molar-refractivity contribution in [2.45, 2.75) is 45.8 Å². The van der Waals surface area contributed by atoms with Gasteiger partial charge in [-0.1, -0.05) is 0 Å². The Labute approximate surface area is 281 Å². The number of hydrogen-bond acceptors (Lipinski definition) is 13. The van der Waals surface area contributed by atoms with E-state index in [1.54, 1.807) is 45.5 Å². The number of aliphatic hydroxyl groups excluding tert-OH is 1. The molecule has 1 aliphatic rings. The maximum Gasteiger partial charge on any atom is 0.295 e. The van der Waals surface area contributed by atoms with Gasteiger partial charge in [0.1, 0.15) is 33.1 Å². The van der Waals surface area contributed by atoms with E-state index in [4.69, 9.17) is 28.6 Å². The molecule has 3 N–H and O–H groups in total. The summed E-state index contributed by atoms with van der Waals surface area (Å²) in [7, 11) is 0.159. The van der Waals surface area contributed by atoms with Crippen LogP contribution in [0.4, 0.5) is 17.7 Å². The van der Waals surface area contributed by atoms with Gasteiger partial charge in [-0.05, 0) is 69.5 Å². The van der Waals surface area contributed by atoms with Crippen molar-refractivity contribution in [3.8, 4) is 40.0 Å². The fraction of sp³-hybridized carbons (Fsp3) is 0.441. The van der Waals surface area contributed by atoms with Gasteiger partial charge < -0.3 is 39.3 Å². The first-order valence-electron chi connectivity index (χ1n) is 15.9. The molecule has 1 aliphatic heterocycles. The molecule has 4 aromatic rings. The van der Waals surface area contributed by atoms with Gasteiger partial charge in [0, 0.05) is 61.5 Å². The van der Waals surface area contributed by atoms with Crippen LogP contribution in [0.2, 0.25) is 0 Å². The Kier molecular flexibility index (Phi) is 11.1. The number of nitrogens with one attached hydrogen (secondary N) is 2. The molecule has 0 saturated carbocycles. The Bertz CT molecular complexity index is 1820. The first kappa shape index (κ1) is 34.9. The minimum atomic E-state index is -3.02. The van der Waals surface area contributed by atoms with Gasteiger partial charge in [-0.3, -0.25) is 0 Å². The zero-order valence-corrected chi connectivity index (χ0v) is 29.1. The highest BCUT2D eigenvalue weighted by atomic mass is 32.2. The third kappa shape index (κ3) is 8.74. The van der Waals surface area contributed by atoms with Gasteiger partial charge in [-0.25, -0.2) is 18.4 Å². The fourth-order valence-electron chi connectivity index (χ4n) is 5.59. The molecule has 0 amide bonds. The number of aromatic nitrogens is 3. The summed E-state index contributed by atoms with van der Waals surface area (Å²) in [6, 6.07) is 11.6. The Morgan fingerprint density at radius 2 is 1.88 bits per heavy atom. The largest absolute Gasteiger partial charge is 0.497 e. The van der Waals surface area contributed by atoms with Crippen molar-refractivity contribution in [1.82, 2.24) is 19.9 Å². The molecule has 2 aromatic heterocycles. The number of anilines is 3. The zero-order valence-electron chi connectivity index (χ0n) is 28.2. The first-order valence-corrected chi connectivity index (χ1v) is 18.0. The average Bonchev–Trinajstić information content (AvgIpc) is 3.48. The van der Waals surface area contributed by atoms with Gasteiger partial charge >= 0.3 is 0 Å². The van der Waals surface area contributed by atoms with Crippen LogP contribution in [-0.2, 0) is 9.84 Å². The molecule has 13 nitrogen and oxygen atoms in total. The van der Waals surface area contributed by atoms with Crippen LogP contribution in [0.5, 0.6) is 17.2 Å². The van der Waals surface area contributed by atoms with Gasteiger partial charge in [0.15, 0.2) is 17.3 Å². The van der Waals surface area contributed by atoms with Crippen molar-refractivity contribution in [3.63, 3.8) is 0 Å². The van der Waals surface area contributed by atoms with Crippen molar-refractivity contribution in [1.29, 1.82) is 0 Å². The number of hydrogen-bond donors (Lipinski definition) is 3. The van der Waals surface area contributed by atoms with Crippen LogP contribution in [0.1, 0.15) is 43.9 Å². The molecule has 0 aliphatic carbocycles. The lowest BCUT2D eigenvalue weighted by molar-refractivity contribution is 0.0964. The van der Waals surface area contributed by atoms with Crippen molar-refractivity contribution >= 4 is 27.5 Å². The molecule has 1 saturated heterocycles. The van der Waals surface area contributed by atoms with Crippen LogP contribution in [0.15, 0.2) is 47.0 Å². The Hall–Kier alpha value is -4.40. The molecule has 1 atom stereocenters. The molecule has 1 fully saturated rings. The number of ether oxygens (including phenoxy) is 3. The third-order valence-electron chi connectivity index (χ3n) is 8.01. The zero-order chi connectivity index (χ0) is 34.4. The van der Waals surface area contributed by atoms with Crippen molar-refractivity contribution in [3.05, 3.63) is 53.7 Å². The SMILES string of the molecule is CCNc1nc(-c2cc(C)cc(OC)c2)c(-c2ccnc(Nc3cc(OC)c(OC4CCN(CCS(C)(=O)=O)CC4)c(C(C)O)c3)n2)o1. The van der Waals surface area contributed by atoms with E-state index >= 15 is 0 Å². The molecule has 14 heteroatoms.